The van der Waals surface area contributed by atoms with E-state index in [-0.39, 0.29) is 12.1 Å². The monoisotopic (exact) mass is 345 g/mol. The molecular weight excluding hydrogens is 330 g/mol. The van der Waals surface area contributed by atoms with Crippen LogP contribution in [0.1, 0.15) is 40.4 Å². The van der Waals surface area contributed by atoms with Gasteiger partial charge < -0.3 is 10.5 Å². The lowest BCUT2D eigenvalue weighted by atomic mass is 9.89. The Morgan fingerprint density at radius 3 is 2.86 bits per heavy atom. The van der Waals surface area contributed by atoms with Crippen molar-refractivity contribution in [1.29, 1.82) is 0 Å². The number of fused-ring (bicyclic) bond motifs is 1. The van der Waals surface area contributed by atoms with Crippen molar-refractivity contribution >= 4 is 27.6 Å². The summed E-state index contributed by atoms with van der Waals surface area (Å²) in [6.07, 6.45) is 2.76. The summed E-state index contributed by atoms with van der Waals surface area (Å²) >= 11 is 3.33. The van der Waals surface area contributed by atoms with Crippen LogP contribution in [0.2, 0.25) is 0 Å². The fourth-order valence-corrected chi connectivity index (χ4v) is 3.12. The van der Waals surface area contributed by atoms with Crippen LogP contribution in [0.5, 0.6) is 0 Å². The van der Waals surface area contributed by atoms with Crippen molar-refractivity contribution in [3.63, 3.8) is 0 Å². The molecule has 4 heteroatoms. The highest BCUT2D eigenvalue weighted by molar-refractivity contribution is 9.10. The normalized spacial score (nSPS) is 17.1. The molecule has 1 unspecified atom stereocenters. The third-order valence-electron chi connectivity index (χ3n) is 3.80. The topological polar surface area (TPSA) is 52.3 Å². The summed E-state index contributed by atoms with van der Waals surface area (Å²) in [6.45, 7) is 0. The van der Waals surface area contributed by atoms with Gasteiger partial charge in [-0.05, 0) is 48.6 Å². The second-order valence-electron chi connectivity index (χ2n) is 5.22. The number of benzene rings is 2. The number of halogens is 1. The number of carbonyl (C=O) groups excluding carboxylic acids is 1. The number of anilines is 1. The lowest BCUT2D eigenvalue weighted by molar-refractivity contribution is 0.0258. The third-order valence-corrected chi connectivity index (χ3v) is 4.29. The average molecular weight is 346 g/mol. The van der Waals surface area contributed by atoms with Crippen LogP contribution in [0.25, 0.3) is 0 Å². The van der Waals surface area contributed by atoms with E-state index < -0.39 is 0 Å². The predicted octanol–water partition coefficient (Wildman–Crippen LogP) is 4.27. The summed E-state index contributed by atoms with van der Waals surface area (Å²) in [4.78, 5) is 12.3. The summed E-state index contributed by atoms with van der Waals surface area (Å²) in [5.41, 5.74) is 9.13. The Bertz CT molecular complexity index is 684. The Morgan fingerprint density at radius 2 is 2.05 bits per heavy atom. The number of hydrogen-bond donors (Lipinski definition) is 1. The lowest BCUT2D eigenvalue weighted by Gasteiger charge is -2.25. The number of carbonyl (C=O) groups is 1. The molecule has 0 aromatic heterocycles. The number of nitrogen functional groups attached to an aromatic ring is 1. The Kier molecular flexibility index (Phi) is 3.97. The smallest absolute Gasteiger partial charge is 0.340 e. The number of nitrogens with two attached hydrogens (primary N) is 1. The molecule has 2 aromatic carbocycles. The molecule has 21 heavy (non-hydrogen) atoms. The van der Waals surface area contributed by atoms with Crippen LogP contribution in [0.15, 0.2) is 46.9 Å². The van der Waals surface area contributed by atoms with Gasteiger partial charge in [0.15, 0.2) is 0 Å². The second kappa shape index (κ2) is 5.90. The first-order valence-corrected chi connectivity index (χ1v) is 7.78. The Morgan fingerprint density at radius 1 is 1.24 bits per heavy atom. The molecule has 1 aliphatic carbocycles. The highest BCUT2D eigenvalue weighted by Crippen LogP contribution is 2.33. The van der Waals surface area contributed by atoms with Gasteiger partial charge in [0.25, 0.3) is 0 Å². The maximum atomic E-state index is 12.3. The van der Waals surface area contributed by atoms with E-state index in [0.717, 1.165) is 29.3 Å². The maximum absolute atomic E-state index is 12.3. The van der Waals surface area contributed by atoms with E-state index in [2.05, 4.69) is 22.0 Å². The quantitative estimate of drug-likeness (QED) is 0.653. The van der Waals surface area contributed by atoms with Crippen molar-refractivity contribution in [2.75, 3.05) is 5.73 Å². The predicted molar refractivity (Wildman–Crippen MR) is 86.1 cm³/mol. The van der Waals surface area contributed by atoms with Gasteiger partial charge in [0.05, 0.1) is 5.56 Å². The van der Waals surface area contributed by atoms with E-state index in [4.69, 9.17) is 10.5 Å². The van der Waals surface area contributed by atoms with Crippen LogP contribution in [-0.2, 0) is 11.2 Å². The van der Waals surface area contributed by atoms with Gasteiger partial charge in [-0.15, -0.1) is 0 Å². The molecule has 108 valence electrons. The van der Waals surface area contributed by atoms with E-state index >= 15 is 0 Å². The van der Waals surface area contributed by atoms with Crippen molar-refractivity contribution in [1.82, 2.24) is 0 Å². The Balaban J connectivity index is 1.83. The molecule has 1 aliphatic rings. The van der Waals surface area contributed by atoms with Gasteiger partial charge in [-0.1, -0.05) is 40.2 Å². The van der Waals surface area contributed by atoms with Gasteiger partial charge in [-0.3, -0.25) is 0 Å². The molecule has 0 amide bonds. The molecule has 0 spiro atoms. The zero-order chi connectivity index (χ0) is 14.8. The number of aryl methyl sites for hydroxylation is 1. The molecule has 0 saturated carbocycles. The molecule has 3 rings (SSSR count). The summed E-state index contributed by atoms with van der Waals surface area (Å²) < 4.78 is 6.54. The fourth-order valence-electron chi connectivity index (χ4n) is 2.74. The molecule has 1 atom stereocenters. The molecule has 0 radical (unpaired) electrons. The second-order valence-corrected chi connectivity index (χ2v) is 6.13. The van der Waals surface area contributed by atoms with Crippen molar-refractivity contribution in [3.8, 4) is 0 Å². The maximum Gasteiger partial charge on any atom is 0.340 e. The number of ether oxygens (including phenoxy) is 1. The van der Waals surface area contributed by atoms with Gasteiger partial charge in [0, 0.05) is 10.2 Å². The number of rotatable bonds is 2. The minimum absolute atomic E-state index is 0.175. The highest BCUT2D eigenvalue weighted by atomic mass is 79.9. The molecule has 0 fully saturated rings. The van der Waals surface area contributed by atoms with Crippen LogP contribution >= 0.6 is 15.9 Å². The standard InChI is InChI=1S/C17H16BrNO2/c18-12-8-9-14(15(19)10-12)17(20)21-16-7-3-5-11-4-1-2-6-13(11)16/h1-2,4,6,8-10,16H,3,5,7,19H2. The molecule has 0 saturated heterocycles. The van der Waals surface area contributed by atoms with Crippen molar-refractivity contribution in [3.05, 3.63) is 63.6 Å². The molecular formula is C17H16BrNO2. The lowest BCUT2D eigenvalue weighted by Crippen LogP contribution is -2.17. The summed E-state index contributed by atoms with van der Waals surface area (Å²) in [5, 5.41) is 0. The number of hydrogen-bond acceptors (Lipinski definition) is 3. The van der Waals surface area contributed by atoms with Gasteiger partial charge >= 0.3 is 5.97 Å². The van der Waals surface area contributed by atoms with Gasteiger partial charge in [-0.25, -0.2) is 4.79 Å². The fraction of sp³-hybridized carbons (Fsp3) is 0.235. The molecule has 2 aromatic rings. The molecule has 0 aliphatic heterocycles. The van der Waals surface area contributed by atoms with Crippen LogP contribution < -0.4 is 5.73 Å². The summed E-state index contributed by atoms with van der Waals surface area (Å²) in [7, 11) is 0. The Labute approximate surface area is 132 Å². The first kappa shape index (κ1) is 14.1. The van der Waals surface area contributed by atoms with E-state index in [1.807, 2.05) is 18.2 Å². The van der Waals surface area contributed by atoms with Crippen molar-refractivity contribution in [2.45, 2.75) is 25.4 Å². The van der Waals surface area contributed by atoms with Gasteiger partial charge in [-0.2, -0.15) is 0 Å². The van der Waals surface area contributed by atoms with E-state index in [0.29, 0.717) is 11.3 Å². The highest BCUT2D eigenvalue weighted by Gasteiger charge is 2.24. The molecule has 0 heterocycles. The largest absolute Gasteiger partial charge is 0.454 e. The zero-order valence-electron chi connectivity index (χ0n) is 11.5. The molecule has 2 N–H and O–H groups in total. The average Bonchev–Trinajstić information content (AvgIpc) is 2.47. The van der Waals surface area contributed by atoms with E-state index in [1.54, 1.807) is 18.2 Å². The molecule has 3 nitrogen and oxygen atoms in total. The zero-order valence-corrected chi connectivity index (χ0v) is 13.1. The third kappa shape index (κ3) is 2.95. The summed E-state index contributed by atoms with van der Waals surface area (Å²) in [6, 6.07) is 13.3. The minimum Gasteiger partial charge on any atom is -0.454 e. The van der Waals surface area contributed by atoms with Crippen LogP contribution in [-0.4, -0.2) is 5.97 Å². The van der Waals surface area contributed by atoms with Crippen LogP contribution in [0, 0.1) is 0 Å². The number of esters is 1. The SMILES string of the molecule is Nc1cc(Br)ccc1C(=O)OC1CCCc2ccccc21. The van der Waals surface area contributed by atoms with Crippen molar-refractivity contribution < 1.29 is 9.53 Å². The van der Waals surface area contributed by atoms with Gasteiger partial charge in [0.1, 0.15) is 6.10 Å². The van der Waals surface area contributed by atoms with E-state index in [9.17, 15) is 4.79 Å². The van der Waals surface area contributed by atoms with Crippen LogP contribution in [0.4, 0.5) is 5.69 Å². The summed E-state index contributed by atoms with van der Waals surface area (Å²) in [5.74, 6) is -0.360. The van der Waals surface area contributed by atoms with Crippen molar-refractivity contribution in [2.24, 2.45) is 0 Å². The van der Waals surface area contributed by atoms with Crippen LogP contribution in [0.3, 0.4) is 0 Å². The Hall–Kier alpha value is -1.81. The molecule has 0 bridgehead atoms. The minimum atomic E-state index is -0.360. The van der Waals surface area contributed by atoms with E-state index in [1.165, 1.54) is 5.56 Å². The first-order chi connectivity index (χ1) is 10.1. The first-order valence-electron chi connectivity index (χ1n) is 6.99. The van der Waals surface area contributed by atoms with Gasteiger partial charge in [0.2, 0.25) is 0 Å².